The predicted octanol–water partition coefficient (Wildman–Crippen LogP) is 7.09. The van der Waals surface area contributed by atoms with Crippen molar-refractivity contribution < 1.29 is 13.9 Å². The number of amides is 1. The van der Waals surface area contributed by atoms with Gasteiger partial charge in [0.05, 0.1) is 23.5 Å². The van der Waals surface area contributed by atoms with Gasteiger partial charge in [-0.2, -0.15) is 5.10 Å². The van der Waals surface area contributed by atoms with Gasteiger partial charge in [-0.25, -0.2) is 9.07 Å². The summed E-state index contributed by atoms with van der Waals surface area (Å²) in [5, 5.41) is 5.36. The highest BCUT2D eigenvalue weighted by Crippen LogP contribution is 2.34. The van der Waals surface area contributed by atoms with Crippen molar-refractivity contribution >= 4 is 17.5 Å². The zero-order chi connectivity index (χ0) is 25.1. The van der Waals surface area contributed by atoms with Crippen LogP contribution < -0.4 is 4.74 Å². The summed E-state index contributed by atoms with van der Waals surface area (Å²) in [5.41, 5.74) is 3.20. The van der Waals surface area contributed by atoms with E-state index in [2.05, 4.69) is 0 Å². The third kappa shape index (κ3) is 5.29. The molecule has 1 heterocycles. The Balaban J connectivity index is 1.54. The van der Waals surface area contributed by atoms with Gasteiger partial charge in [-0.1, -0.05) is 54.4 Å². The number of nitrogens with zero attached hydrogens (tertiary/aromatic N) is 3. The molecule has 0 spiro atoms. The first-order valence-corrected chi connectivity index (χ1v) is 12.5. The van der Waals surface area contributed by atoms with Gasteiger partial charge in [0.2, 0.25) is 11.8 Å². The van der Waals surface area contributed by atoms with Crippen molar-refractivity contribution in [3.05, 3.63) is 107 Å². The third-order valence-electron chi connectivity index (χ3n) is 6.55. The predicted molar refractivity (Wildman–Crippen MR) is 138 cm³/mol. The number of halogens is 2. The molecule has 0 unspecified atom stereocenters. The van der Waals surface area contributed by atoms with Crippen LogP contribution >= 0.6 is 11.6 Å². The maximum atomic E-state index is 13.5. The number of carbonyl (C=O) groups excluding carboxylic acids is 1. The summed E-state index contributed by atoms with van der Waals surface area (Å²) in [4.78, 5) is 15.3. The van der Waals surface area contributed by atoms with Crippen LogP contribution in [0.25, 0.3) is 5.69 Å². The molecule has 0 aliphatic heterocycles. The molecule has 1 saturated carbocycles. The van der Waals surface area contributed by atoms with Gasteiger partial charge in [0.1, 0.15) is 11.6 Å². The third-order valence-corrected chi connectivity index (χ3v) is 6.78. The summed E-state index contributed by atoms with van der Waals surface area (Å²) < 4.78 is 21.6. The van der Waals surface area contributed by atoms with E-state index in [1.165, 1.54) is 12.1 Å². The van der Waals surface area contributed by atoms with E-state index in [0.29, 0.717) is 29.7 Å². The van der Waals surface area contributed by atoms with Crippen LogP contribution in [0.4, 0.5) is 4.39 Å². The van der Waals surface area contributed by atoms with E-state index in [4.69, 9.17) is 21.4 Å². The van der Waals surface area contributed by atoms with Gasteiger partial charge in [0.15, 0.2) is 0 Å². The first kappa shape index (κ1) is 24.1. The van der Waals surface area contributed by atoms with Crippen molar-refractivity contribution in [1.29, 1.82) is 0 Å². The Morgan fingerprint density at radius 3 is 2.47 bits per heavy atom. The Morgan fingerprint density at radius 1 is 1.06 bits per heavy atom. The zero-order valence-electron chi connectivity index (χ0n) is 20.0. The molecule has 0 bridgehead atoms. The minimum Gasteiger partial charge on any atom is -0.439 e. The maximum Gasteiger partial charge on any atom is 0.227 e. The molecule has 1 aliphatic rings. The largest absolute Gasteiger partial charge is 0.439 e. The zero-order valence-corrected chi connectivity index (χ0v) is 20.8. The van der Waals surface area contributed by atoms with Crippen molar-refractivity contribution in [2.24, 2.45) is 5.92 Å². The molecule has 5 rings (SSSR count). The van der Waals surface area contributed by atoms with Gasteiger partial charge in [0.25, 0.3) is 0 Å². The average molecular weight is 504 g/mol. The number of rotatable bonds is 8. The Morgan fingerprint density at radius 2 is 1.81 bits per heavy atom. The van der Waals surface area contributed by atoms with Gasteiger partial charge in [-0.05, 0) is 67.8 Å². The summed E-state index contributed by atoms with van der Waals surface area (Å²) in [5.74, 6) is 1.02. The van der Waals surface area contributed by atoms with E-state index in [1.807, 2.05) is 66.4 Å². The lowest BCUT2D eigenvalue weighted by molar-refractivity contribution is -0.139. The number of aromatic nitrogens is 2. The molecule has 184 valence electrons. The highest BCUT2D eigenvalue weighted by Gasteiger charge is 2.31. The Kier molecular flexibility index (Phi) is 7.05. The lowest BCUT2D eigenvalue weighted by Crippen LogP contribution is -2.38. The van der Waals surface area contributed by atoms with E-state index in [0.717, 1.165) is 41.8 Å². The Bertz CT molecular complexity index is 1350. The molecular weight excluding hydrogens is 477 g/mol. The fraction of sp³-hybridized carbons (Fsp3) is 0.241. The van der Waals surface area contributed by atoms with Crippen LogP contribution in [0.5, 0.6) is 11.6 Å². The highest BCUT2D eigenvalue weighted by atomic mass is 35.5. The lowest BCUT2D eigenvalue weighted by Gasteiger charge is -2.32. The van der Waals surface area contributed by atoms with Gasteiger partial charge in [-0.3, -0.25) is 4.79 Å². The van der Waals surface area contributed by atoms with E-state index >= 15 is 0 Å². The van der Waals surface area contributed by atoms with E-state index < -0.39 is 0 Å². The van der Waals surface area contributed by atoms with Crippen LogP contribution in [-0.4, -0.2) is 20.6 Å². The van der Waals surface area contributed by atoms with Crippen LogP contribution in [-0.2, 0) is 17.9 Å². The topological polar surface area (TPSA) is 47.4 Å². The fourth-order valence-electron chi connectivity index (χ4n) is 4.33. The average Bonchev–Trinajstić information content (AvgIpc) is 3.14. The van der Waals surface area contributed by atoms with Gasteiger partial charge >= 0.3 is 0 Å². The molecule has 0 radical (unpaired) electrons. The number of ether oxygens (including phenoxy) is 1. The summed E-state index contributed by atoms with van der Waals surface area (Å²) in [6.45, 7) is 2.61. The molecule has 0 saturated heterocycles. The molecule has 0 N–H and O–H groups in total. The first-order chi connectivity index (χ1) is 17.5. The molecule has 36 heavy (non-hydrogen) atoms. The van der Waals surface area contributed by atoms with Crippen LogP contribution in [0.1, 0.15) is 36.1 Å². The monoisotopic (exact) mass is 503 g/mol. The quantitative estimate of drug-likeness (QED) is 0.258. The van der Waals surface area contributed by atoms with Crippen LogP contribution in [0.15, 0.2) is 78.9 Å². The number of hydrogen-bond donors (Lipinski definition) is 0. The second-order valence-corrected chi connectivity index (χ2v) is 9.56. The van der Waals surface area contributed by atoms with Crippen molar-refractivity contribution in [2.45, 2.75) is 39.3 Å². The molecule has 5 nitrogen and oxygen atoms in total. The second-order valence-electron chi connectivity index (χ2n) is 9.12. The van der Waals surface area contributed by atoms with Gasteiger partial charge < -0.3 is 9.64 Å². The number of carbonyl (C=O) groups is 1. The molecule has 1 amide bonds. The van der Waals surface area contributed by atoms with E-state index in [9.17, 15) is 9.18 Å². The summed E-state index contributed by atoms with van der Waals surface area (Å²) >= 11 is 6.28. The van der Waals surface area contributed by atoms with E-state index in [1.54, 1.807) is 16.8 Å². The van der Waals surface area contributed by atoms with Crippen molar-refractivity contribution in [1.82, 2.24) is 14.7 Å². The molecule has 0 atom stereocenters. The first-order valence-electron chi connectivity index (χ1n) is 12.1. The Labute approximate surface area is 215 Å². The summed E-state index contributed by atoms with van der Waals surface area (Å²) in [7, 11) is 0. The van der Waals surface area contributed by atoms with Crippen molar-refractivity contribution in [2.75, 3.05) is 0 Å². The molecule has 1 aliphatic carbocycles. The van der Waals surface area contributed by atoms with Crippen LogP contribution in [0, 0.1) is 18.7 Å². The lowest BCUT2D eigenvalue weighted by atomic mass is 9.84. The molecule has 7 heteroatoms. The Hall–Kier alpha value is -3.64. The maximum absolute atomic E-state index is 13.5. The molecule has 3 aromatic carbocycles. The molecule has 1 aromatic heterocycles. The number of benzene rings is 3. The molecule has 1 fully saturated rings. The van der Waals surface area contributed by atoms with Gasteiger partial charge in [0, 0.05) is 17.5 Å². The van der Waals surface area contributed by atoms with Gasteiger partial charge in [-0.15, -0.1) is 0 Å². The van der Waals surface area contributed by atoms with Crippen LogP contribution in [0.2, 0.25) is 5.02 Å². The normalized spacial score (nSPS) is 13.3. The fourth-order valence-corrected chi connectivity index (χ4v) is 4.52. The van der Waals surface area contributed by atoms with Crippen molar-refractivity contribution in [3.63, 3.8) is 0 Å². The minimum atomic E-state index is -0.298. The second kappa shape index (κ2) is 10.5. The minimum absolute atomic E-state index is 0.0206. The number of aryl methyl sites for hydroxylation is 1. The van der Waals surface area contributed by atoms with Crippen molar-refractivity contribution in [3.8, 4) is 17.3 Å². The SMILES string of the molecule is Cc1nn(-c2cccc(Cl)c2)c(Oc2ccccc2)c1CN(Cc1ccc(F)cc1)C(=O)C1CCC1. The smallest absolute Gasteiger partial charge is 0.227 e. The molecule has 4 aromatic rings. The summed E-state index contributed by atoms with van der Waals surface area (Å²) in [6, 6.07) is 23.2. The van der Waals surface area contributed by atoms with E-state index in [-0.39, 0.29) is 17.6 Å². The number of para-hydroxylation sites is 1. The molecular formula is C29H27ClFN3O2. The highest BCUT2D eigenvalue weighted by molar-refractivity contribution is 6.30. The standard InChI is InChI=1S/C29H27ClFN3O2/c1-20-27(19-33(28(35)22-7-5-8-22)18-21-13-15-24(31)16-14-21)29(36-26-11-3-2-4-12-26)34(32-20)25-10-6-9-23(30)17-25/h2-4,6,9-17,22H,5,7-8,18-19H2,1H3. The summed E-state index contributed by atoms with van der Waals surface area (Å²) in [6.07, 6.45) is 2.86. The van der Waals surface area contributed by atoms with Crippen LogP contribution in [0.3, 0.4) is 0 Å². The number of hydrogen-bond acceptors (Lipinski definition) is 3.